The van der Waals surface area contributed by atoms with Crippen molar-refractivity contribution in [2.45, 2.75) is 12.8 Å². The molecule has 0 aliphatic carbocycles. The lowest BCUT2D eigenvalue weighted by molar-refractivity contribution is 0.103. The van der Waals surface area contributed by atoms with Gasteiger partial charge >= 0.3 is 0 Å². The normalized spacial score (nSPS) is 11.2. The van der Waals surface area contributed by atoms with Crippen LogP contribution in [-0.4, -0.2) is 35.7 Å². The molecule has 2 aromatic carbocycles. The number of ketones is 1. The van der Waals surface area contributed by atoms with E-state index in [4.69, 9.17) is 11.6 Å². The number of pyridine rings is 1. The van der Waals surface area contributed by atoms with E-state index in [9.17, 15) is 17.6 Å². The Balaban J connectivity index is 1.65. The van der Waals surface area contributed by atoms with Gasteiger partial charge in [0.25, 0.3) is 0 Å². The van der Waals surface area contributed by atoms with Crippen LogP contribution in [0.5, 0.6) is 0 Å². The SMILES string of the molecule is O=C(c1ccc2ncc(-c3cccnc3)nc2c1)c1c(F)ccc(CCCN[SH](=O)=O)c1Cl. The zero-order chi connectivity index (χ0) is 23.4. The van der Waals surface area contributed by atoms with Crippen LogP contribution in [0, 0.1) is 5.82 Å². The fourth-order valence-corrected chi connectivity index (χ4v) is 4.07. The van der Waals surface area contributed by atoms with Gasteiger partial charge in [-0.15, -0.1) is 0 Å². The standard InChI is InChI=1S/C23H18ClFN4O3S/c24-22-14(3-2-10-28-33(31)32)5-7-17(25)21(22)23(30)15-6-8-18-19(11-15)29-20(13-27-18)16-4-1-9-26-12-16/h1,4-9,11-13,33H,2-3,10H2,(H,28,31,32). The Morgan fingerprint density at radius 3 is 2.70 bits per heavy atom. The highest BCUT2D eigenvalue weighted by Gasteiger charge is 2.21. The molecule has 0 fully saturated rings. The largest absolute Gasteiger partial charge is 0.288 e. The zero-order valence-corrected chi connectivity index (χ0v) is 18.8. The topological polar surface area (TPSA) is 102 Å². The highest BCUT2D eigenvalue weighted by Crippen LogP contribution is 2.28. The number of carbonyl (C=O) groups excluding carboxylic acids is 1. The van der Waals surface area contributed by atoms with Crippen molar-refractivity contribution in [3.63, 3.8) is 0 Å². The van der Waals surface area contributed by atoms with E-state index in [0.29, 0.717) is 35.1 Å². The Kier molecular flexibility index (Phi) is 7.02. The van der Waals surface area contributed by atoms with Gasteiger partial charge < -0.3 is 0 Å². The number of thiol groups is 1. The number of hydrogen-bond donors (Lipinski definition) is 2. The molecule has 0 aliphatic rings. The number of nitrogens with zero attached hydrogens (tertiary/aromatic N) is 3. The van der Waals surface area contributed by atoms with Crippen molar-refractivity contribution in [2.75, 3.05) is 6.54 Å². The molecule has 0 amide bonds. The van der Waals surface area contributed by atoms with Gasteiger partial charge in [0.2, 0.25) is 10.9 Å². The predicted molar refractivity (Wildman–Crippen MR) is 124 cm³/mol. The van der Waals surface area contributed by atoms with E-state index in [2.05, 4.69) is 19.7 Å². The molecule has 168 valence electrons. The Labute approximate surface area is 195 Å². The summed E-state index contributed by atoms with van der Waals surface area (Å²) in [4.78, 5) is 26.2. The summed E-state index contributed by atoms with van der Waals surface area (Å²) >= 11 is 6.39. The van der Waals surface area contributed by atoms with Gasteiger partial charge in [-0.25, -0.2) is 22.5 Å². The molecular formula is C23H18ClFN4O3S. The second-order valence-corrected chi connectivity index (χ2v) is 8.40. The van der Waals surface area contributed by atoms with Crippen LogP contribution in [0.3, 0.4) is 0 Å². The number of benzene rings is 2. The van der Waals surface area contributed by atoms with E-state index in [1.807, 2.05) is 6.07 Å². The van der Waals surface area contributed by atoms with Crippen molar-refractivity contribution in [3.05, 3.63) is 88.6 Å². The third-order valence-corrected chi connectivity index (χ3v) is 5.94. The van der Waals surface area contributed by atoms with E-state index in [1.54, 1.807) is 42.9 Å². The lowest BCUT2D eigenvalue weighted by Crippen LogP contribution is -2.13. The highest BCUT2D eigenvalue weighted by molar-refractivity contribution is 7.70. The highest BCUT2D eigenvalue weighted by atomic mass is 35.5. The van der Waals surface area contributed by atoms with Gasteiger partial charge in [-0.3, -0.25) is 14.8 Å². The summed E-state index contributed by atoms with van der Waals surface area (Å²) in [6.45, 7) is 0.221. The van der Waals surface area contributed by atoms with Crippen LogP contribution in [0.4, 0.5) is 4.39 Å². The Morgan fingerprint density at radius 2 is 1.94 bits per heavy atom. The van der Waals surface area contributed by atoms with Gasteiger partial charge in [-0.05, 0) is 54.8 Å². The van der Waals surface area contributed by atoms with Crippen LogP contribution < -0.4 is 4.72 Å². The Hall–Kier alpha value is -3.27. The van der Waals surface area contributed by atoms with Crippen LogP contribution >= 0.6 is 11.6 Å². The monoisotopic (exact) mass is 484 g/mol. The summed E-state index contributed by atoms with van der Waals surface area (Å²) in [7, 11) is -2.68. The van der Waals surface area contributed by atoms with E-state index in [1.165, 1.54) is 12.1 Å². The average molecular weight is 485 g/mol. The third-order valence-electron chi connectivity index (χ3n) is 5.02. The van der Waals surface area contributed by atoms with Crippen molar-refractivity contribution < 1.29 is 17.6 Å². The quantitative estimate of drug-likeness (QED) is 0.224. The third kappa shape index (κ3) is 5.22. The fourth-order valence-electron chi connectivity index (χ4n) is 3.40. The van der Waals surface area contributed by atoms with Gasteiger partial charge in [-0.1, -0.05) is 17.7 Å². The molecule has 0 radical (unpaired) electrons. The number of aromatic nitrogens is 3. The first-order chi connectivity index (χ1) is 15.9. The minimum atomic E-state index is -2.68. The minimum absolute atomic E-state index is 0.0156. The van der Waals surface area contributed by atoms with Crippen LogP contribution in [-0.2, 0) is 17.3 Å². The first-order valence-corrected chi connectivity index (χ1v) is 11.6. The average Bonchev–Trinajstić information content (AvgIpc) is 2.82. The Morgan fingerprint density at radius 1 is 1.09 bits per heavy atom. The van der Waals surface area contributed by atoms with Gasteiger partial charge in [0.05, 0.1) is 33.5 Å². The van der Waals surface area contributed by atoms with E-state index in [0.717, 1.165) is 5.56 Å². The second kappa shape index (κ2) is 10.1. The minimum Gasteiger partial charge on any atom is -0.288 e. The van der Waals surface area contributed by atoms with Crippen molar-refractivity contribution in [3.8, 4) is 11.3 Å². The van der Waals surface area contributed by atoms with Gasteiger partial charge in [0.15, 0.2) is 5.78 Å². The van der Waals surface area contributed by atoms with Crippen molar-refractivity contribution >= 4 is 39.3 Å². The first kappa shape index (κ1) is 22.9. The lowest BCUT2D eigenvalue weighted by Gasteiger charge is -2.11. The second-order valence-electron chi connectivity index (χ2n) is 7.19. The fraction of sp³-hybridized carbons (Fsp3) is 0.130. The maximum atomic E-state index is 14.6. The molecule has 2 heterocycles. The molecule has 7 nitrogen and oxygen atoms in total. The number of hydrogen-bond acceptors (Lipinski definition) is 6. The molecule has 33 heavy (non-hydrogen) atoms. The molecule has 4 rings (SSSR count). The number of aryl methyl sites for hydroxylation is 1. The number of halogens is 2. The maximum absolute atomic E-state index is 14.6. The molecule has 1 N–H and O–H groups in total. The van der Waals surface area contributed by atoms with E-state index < -0.39 is 22.5 Å². The smallest absolute Gasteiger partial charge is 0.201 e. The number of nitrogens with one attached hydrogen (secondary N) is 1. The lowest BCUT2D eigenvalue weighted by atomic mass is 9.98. The molecule has 0 saturated carbocycles. The first-order valence-electron chi connectivity index (χ1n) is 10.0. The summed E-state index contributed by atoms with van der Waals surface area (Å²) in [5.41, 5.74) is 3.00. The van der Waals surface area contributed by atoms with Crippen molar-refractivity contribution in [1.82, 2.24) is 19.7 Å². The summed E-state index contributed by atoms with van der Waals surface area (Å²) < 4.78 is 38.1. The molecule has 0 bridgehead atoms. The molecule has 0 saturated heterocycles. The van der Waals surface area contributed by atoms with Gasteiger partial charge in [0, 0.05) is 30.1 Å². The number of fused-ring (bicyclic) bond motifs is 1. The van der Waals surface area contributed by atoms with Gasteiger partial charge in [0.1, 0.15) is 5.82 Å². The molecule has 10 heteroatoms. The molecule has 2 aromatic heterocycles. The van der Waals surface area contributed by atoms with Crippen LogP contribution in [0.15, 0.2) is 61.1 Å². The van der Waals surface area contributed by atoms with E-state index in [-0.39, 0.29) is 22.7 Å². The molecule has 0 aliphatic heterocycles. The molecule has 0 spiro atoms. The summed E-state index contributed by atoms with van der Waals surface area (Å²) in [6, 6.07) is 11.1. The zero-order valence-electron chi connectivity index (χ0n) is 17.2. The molecule has 4 aromatic rings. The molecule has 0 unspecified atom stereocenters. The Bertz CT molecular complexity index is 1410. The van der Waals surface area contributed by atoms with Crippen molar-refractivity contribution in [2.24, 2.45) is 0 Å². The van der Waals surface area contributed by atoms with Crippen molar-refractivity contribution in [1.29, 1.82) is 0 Å². The van der Waals surface area contributed by atoms with E-state index >= 15 is 0 Å². The molecule has 0 atom stereocenters. The molecular weight excluding hydrogens is 467 g/mol. The van der Waals surface area contributed by atoms with Crippen LogP contribution in [0.2, 0.25) is 5.02 Å². The number of carbonyl (C=O) groups is 1. The van der Waals surface area contributed by atoms with Gasteiger partial charge in [-0.2, -0.15) is 0 Å². The summed E-state index contributed by atoms with van der Waals surface area (Å²) in [5.74, 6) is -1.31. The summed E-state index contributed by atoms with van der Waals surface area (Å²) in [6.07, 6.45) is 5.77. The van der Waals surface area contributed by atoms with Crippen LogP contribution in [0.1, 0.15) is 27.9 Å². The summed E-state index contributed by atoms with van der Waals surface area (Å²) in [5, 5.41) is 0.0156. The number of rotatable bonds is 8. The predicted octanol–water partition coefficient (Wildman–Crippen LogP) is 3.76. The van der Waals surface area contributed by atoms with Crippen LogP contribution in [0.25, 0.3) is 22.3 Å². The maximum Gasteiger partial charge on any atom is 0.201 e.